The SMILES string of the molecule is Cc1c(C(=O)N2CC(C)c3ccccc32)cnn1-c1cccc(C(F)(F)F)c1. The van der Waals surface area contributed by atoms with Crippen molar-refractivity contribution in [1.82, 2.24) is 9.78 Å². The molecule has 1 unspecified atom stereocenters. The van der Waals surface area contributed by atoms with Gasteiger partial charge in [-0.2, -0.15) is 18.3 Å². The molecule has 0 saturated heterocycles. The summed E-state index contributed by atoms with van der Waals surface area (Å²) in [6.45, 7) is 4.31. The zero-order valence-corrected chi connectivity index (χ0v) is 15.4. The lowest BCUT2D eigenvalue weighted by Crippen LogP contribution is -2.29. The number of carbonyl (C=O) groups excluding carboxylic acids is 1. The Bertz CT molecular complexity index is 1060. The third-order valence-electron chi connectivity index (χ3n) is 5.12. The van der Waals surface area contributed by atoms with Crippen molar-refractivity contribution in [1.29, 1.82) is 0 Å². The second kappa shape index (κ2) is 6.51. The highest BCUT2D eigenvalue weighted by Crippen LogP contribution is 2.37. The quantitative estimate of drug-likeness (QED) is 0.625. The molecule has 0 aliphatic carbocycles. The minimum atomic E-state index is -4.44. The first-order valence-corrected chi connectivity index (χ1v) is 8.90. The van der Waals surface area contributed by atoms with E-state index in [1.54, 1.807) is 11.8 Å². The number of anilines is 1. The van der Waals surface area contributed by atoms with Gasteiger partial charge in [-0.25, -0.2) is 4.68 Å². The Labute approximate surface area is 160 Å². The van der Waals surface area contributed by atoms with E-state index in [9.17, 15) is 18.0 Å². The number of halogens is 3. The molecule has 1 aliphatic rings. The number of nitrogens with zero attached hydrogens (tertiary/aromatic N) is 3. The second-order valence-electron chi connectivity index (χ2n) is 6.98. The summed E-state index contributed by atoms with van der Waals surface area (Å²) in [5.74, 6) is 0.0199. The van der Waals surface area contributed by atoms with Crippen molar-refractivity contribution in [2.24, 2.45) is 0 Å². The predicted octanol–water partition coefficient (Wildman–Crippen LogP) is 4.96. The maximum Gasteiger partial charge on any atom is 0.416 e. The van der Waals surface area contributed by atoms with E-state index in [0.29, 0.717) is 17.8 Å². The molecule has 1 amide bonds. The molecule has 1 atom stereocenters. The van der Waals surface area contributed by atoms with Gasteiger partial charge in [0.1, 0.15) is 0 Å². The van der Waals surface area contributed by atoms with Gasteiger partial charge in [-0.05, 0) is 36.8 Å². The van der Waals surface area contributed by atoms with E-state index < -0.39 is 11.7 Å². The van der Waals surface area contributed by atoms with Gasteiger partial charge in [-0.3, -0.25) is 4.79 Å². The third-order valence-corrected chi connectivity index (χ3v) is 5.12. The number of para-hydroxylation sites is 1. The van der Waals surface area contributed by atoms with Gasteiger partial charge >= 0.3 is 6.18 Å². The number of hydrogen-bond donors (Lipinski definition) is 0. The summed E-state index contributed by atoms with van der Waals surface area (Å²) < 4.78 is 40.4. The molecule has 0 radical (unpaired) electrons. The van der Waals surface area contributed by atoms with Gasteiger partial charge in [0, 0.05) is 18.2 Å². The fourth-order valence-corrected chi connectivity index (χ4v) is 3.65. The lowest BCUT2D eigenvalue weighted by Gasteiger charge is -2.17. The van der Waals surface area contributed by atoms with Crippen molar-refractivity contribution in [3.8, 4) is 5.69 Å². The molecule has 0 N–H and O–H groups in total. The Hall–Kier alpha value is -3.09. The topological polar surface area (TPSA) is 38.1 Å². The summed E-state index contributed by atoms with van der Waals surface area (Å²) in [6.07, 6.45) is -3.02. The summed E-state index contributed by atoms with van der Waals surface area (Å²) in [6, 6.07) is 12.7. The standard InChI is InChI=1S/C21H18F3N3O/c1-13-12-26(19-9-4-3-8-17(13)19)20(28)18-11-25-27(14(18)2)16-7-5-6-15(10-16)21(22,23)24/h3-11,13H,12H2,1-2H3. The molecular formula is C21H18F3N3O. The first-order chi connectivity index (χ1) is 13.3. The largest absolute Gasteiger partial charge is 0.416 e. The number of fused-ring (bicyclic) bond motifs is 1. The van der Waals surface area contributed by atoms with E-state index in [1.807, 2.05) is 24.3 Å². The van der Waals surface area contributed by atoms with Gasteiger partial charge in [-0.15, -0.1) is 0 Å². The van der Waals surface area contributed by atoms with Crippen LogP contribution in [0.2, 0.25) is 0 Å². The number of carbonyl (C=O) groups is 1. The maximum absolute atomic E-state index is 13.1. The van der Waals surface area contributed by atoms with Crippen LogP contribution in [-0.4, -0.2) is 22.2 Å². The molecule has 144 valence electrons. The summed E-state index contributed by atoms with van der Waals surface area (Å²) in [7, 11) is 0. The summed E-state index contributed by atoms with van der Waals surface area (Å²) in [4.78, 5) is 14.8. The fourth-order valence-electron chi connectivity index (χ4n) is 3.65. The van der Waals surface area contributed by atoms with Crippen molar-refractivity contribution in [3.63, 3.8) is 0 Å². The van der Waals surface area contributed by atoms with Gasteiger partial charge < -0.3 is 4.90 Å². The normalized spacial score (nSPS) is 16.3. The molecule has 1 aliphatic heterocycles. The van der Waals surface area contributed by atoms with Crippen LogP contribution in [0.1, 0.15) is 40.0 Å². The number of aromatic nitrogens is 2. The fraction of sp³-hybridized carbons (Fsp3) is 0.238. The van der Waals surface area contributed by atoms with E-state index in [0.717, 1.165) is 23.4 Å². The van der Waals surface area contributed by atoms with Crippen LogP contribution in [0, 0.1) is 6.92 Å². The number of benzene rings is 2. The van der Waals surface area contributed by atoms with Crippen LogP contribution in [0.4, 0.5) is 18.9 Å². The molecule has 3 aromatic rings. The molecule has 2 aromatic carbocycles. The number of alkyl halides is 3. The molecular weight excluding hydrogens is 367 g/mol. The first kappa shape index (κ1) is 18.3. The highest BCUT2D eigenvalue weighted by molar-refractivity contribution is 6.08. The summed E-state index contributed by atoms with van der Waals surface area (Å²) in [5, 5.41) is 4.18. The zero-order valence-electron chi connectivity index (χ0n) is 15.4. The van der Waals surface area contributed by atoms with Crippen LogP contribution in [0.25, 0.3) is 5.69 Å². The van der Waals surface area contributed by atoms with Crippen LogP contribution < -0.4 is 4.90 Å². The molecule has 7 heteroatoms. The van der Waals surface area contributed by atoms with Gasteiger partial charge in [-0.1, -0.05) is 31.2 Å². The van der Waals surface area contributed by atoms with E-state index in [1.165, 1.54) is 23.0 Å². The Morgan fingerprint density at radius 2 is 1.89 bits per heavy atom. The van der Waals surface area contributed by atoms with E-state index in [4.69, 9.17) is 0 Å². The van der Waals surface area contributed by atoms with Gasteiger partial charge in [0.25, 0.3) is 5.91 Å². The average molecular weight is 385 g/mol. The highest BCUT2D eigenvalue weighted by atomic mass is 19.4. The second-order valence-corrected chi connectivity index (χ2v) is 6.98. The minimum Gasteiger partial charge on any atom is -0.307 e. The molecule has 0 spiro atoms. The third kappa shape index (κ3) is 2.96. The average Bonchev–Trinajstić information content (AvgIpc) is 3.21. The zero-order chi connectivity index (χ0) is 20.1. The molecule has 0 saturated carbocycles. The van der Waals surface area contributed by atoms with E-state index in [-0.39, 0.29) is 17.5 Å². The summed E-state index contributed by atoms with van der Waals surface area (Å²) in [5.41, 5.74) is 2.37. The molecule has 4 nitrogen and oxygen atoms in total. The Kier molecular flexibility index (Phi) is 4.25. The van der Waals surface area contributed by atoms with Crippen LogP contribution in [0.15, 0.2) is 54.7 Å². The van der Waals surface area contributed by atoms with Crippen molar-refractivity contribution >= 4 is 11.6 Å². The molecule has 4 rings (SSSR count). The Morgan fingerprint density at radius 3 is 2.64 bits per heavy atom. The monoisotopic (exact) mass is 385 g/mol. The first-order valence-electron chi connectivity index (χ1n) is 8.90. The lowest BCUT2D eigenvalue weighted by molar-refractivity contribution is -0.137. The number of hydrogen-bond acceptors (Lipinski definition) is 2. The Balaban J connectivity index is 1.69. The van der Waals surface area contributed by atoms with Crippen molar-refractivity contribution in [2.45, 2.75) is 25.9 Å². The van der Waals surface area contributed by atoms with Crippen LogP contribution >= 0.6 is 0 Å². The summed E-state index contributed by atoms with van der Waals surface area (Å²) >= 11 is 0. The lowest BCUT2D eigenvalue weighted by atomic mass is 10.0. The van der Waals surface area contributed by atoms with E-state index >= 15 is 0 Å². The molecule has 28 heavy (non-hydrogen) atoms. The van der Waals surface area contributed by atoms with Crippen LogP contribution in [-0.2, 0) is 6.18 Å². The van der Waals surface area contributed by atoms with Gasteiger partial charge in [0.05, 0.1) is 28.7 Å². The molecule has 0 fully saturated rings. The maximum atomic E-state index is 13.1. The minimum absolute atomic E-state index is 0.201. The van der Waals surface area contributed by atoms with Gasteiger partial charge in [0.2, 0.25) is 0 Å². The van der Waals surface area contributed by atoms with Crippen LogP contribution in [0.3, 0.4) is 0 Å². The Morgan fingerprint density at radius 1 is 1.14 bits per heavy atom. The van der Waals surface area contributed by atoms with Gasteiger partial charge in [0.15, 0.2) is 0 Å². The molecule has 0 bridgehead atoms. The number of amides is 1. The highest BCUT2D eigenvalue weighted by Gasteiger charge is 2.33. The van der Waals surface area contributed by atoms with Crippen molar-refractivity contribution in [2.75, 3.05) is 11.4 Å². The van der Waals surface area contributed by atoms with E-state index in [2.05, 4.69) is 12.0 Å². The van der Waals surface area contributed by atoms with Crippen molar-refractivity contribution < 1.29 is 18.0 Å². The molecule has 1 aromatic heterocycles. The van der Waals surface area contributed by atoms with Crippen molar-refractivity contribution in [3.05, 3.63) is 77.1 Å². The predicted molar refractivity (Wildman–Crippen MR) is 99.8 cm³/mol. The smallest absolute Gasteiger partial charge is 0.307 e. The van der Waals surface area contributed by atoms with Crippen LogP contribution in [0.5, 0.6) is 0 Å². The number of rotatable bonds is 2. The molecule has 2 heterocycles.